The highest BCUT2D eigenvalue weighted by Gasteiger charge is 2.31. The van der Waals surface area contributed by atoms with Crippen LogP contribution in [-0.2, 0) is 9.59 Å². The van der Waals surface area contributed by atoms with Crippen LogP contribution in [0.15, 0.2) is 0 Å². The van der Waals surface area contributed by atoms with Crippen LogP contribution in [0.25, 0.3) is 0 Å². The van der Waals surface area contributed by atoms with E-state index in [1.54, 1.807) is 0 Å². The summed E-state index contributed by atoms with van der Waals surface area (Å²) in [5.41, 5.74) is 0. The van der Waals surface area contributed by atoms with E-state index in [2.05, 4.69) is 5.32 Å². The van der Waals surface area contributed by atoms with Crippen molar-refractivity contribution in [1.82, 2.24) is 10.6 Å². The number of carbonyl (C=O) groups is 2. The smallest absolute Gasteiger partial charge is 0.401 e. The van der Waals surface area contributed by atoms with E-state index in [9.17, 15) is 22.8 Å². The van der Waals surface area contributed by atoms with Gasteiger partial charge in [0, 0.05) is 6.54 Å². The Morgan fingerprint density at radius 2 is 1.85 bits per heavy atom. The number of hydrogen-bond donors (Lipinski definition) is 3. The van der Waals surface area contributed by atoms with E-state index in [0.717, 1.165) is 12.8 Å². The van der Waals surface area contributed by atoms with Crippen molar-refractivity contribution in [3.05, 3.63) is 0 Å². The zero-order chi connectivity index (χ0) is 15.2. The van der Waals surface area contributed by atoms with Crippen molar-refractivity contribution in [3.8, 4) is 0 Å². The van der Waals surface area contributed by atoms with Gasteiger partial charge in [-0.3, -0.25) is 9.59 Å². The van der Waals surface area contributed by atoms with Gasteiger partial charge in [0.1, 0.15) is 0 Å². The molecule has 116 valence electrons. The van der Waals surface area contributed by atoms with Crippen molar-refractivity contribution in [2.45, 2.75) is 31.9 Å². The molecule has 0 bridgehead atoms. The third-order valence-corrected chi connectivity index (χ3v) is 3.40. The van der Waals surface area contributed by atoms with Crippen molar-refractivity contribution in [3.63, 3.8) is 0 Å². The van der Waals surface area contributed by atoms with Crippen LogP contribution in [0.2, 0.25) is 0 Å². The van der Waals surface area contributed by atoms with E-state index in [-0.39, 0.29) is 12.5 Å². The Morgan fingerprint density at radius 1 is 1.20 bits per heavy atom. The lowest BCUT2D eigenvalue weighted by molar-refractivity contribution is -0.145. The average molecular weight is 296 g/mol. The van der Waals surface area contributed by atoms with Gasteiger partial charge >= 0.3 is 12.1 Å². The average Bonchev–Trinajstić information content (AvgIpc) is 2.35. The first-order valence-corrected chi connectivity index (χ1v) is 6.56. The van der Waals surface area contributed by atoms with Crippen molar-refractivity contribution in [2.75, 3.05) is 19.6 Å². The Labute approximate surface area is 114 Å². The highest BCUT2D eigenvalue weighted by molar-refractivity contribution is 5.78. The quantitative estimate of drug-likeness (QED) is 0.687. The molecule has 1 aliphatic carbocycles. The molecule has 20 heavy (non-hydrogen) atoms. The zero-order valence-corrected chi connectivity index (χ0v) is 11.0. The maximum Gasteiger partial charge on any atom is 0.401 e. The number of aliphatic carboxylic acids is 1. The standard InChI is InChI=1S/C12H19F3N2O3/c13-12(14,15)7-16-6-10(18)17-5-8-3-1-2-4-9(8)11(19)20/h8-9,16H,1-7H2,(H,17,18)(H,19,20). The zero-order valence-electron chi connectivity index (χ0n) is 11.0. The molecule has 8 heteroatoms. The number of halogens is 3. The Balaban J connectivity index is 2.27. The van der Waals surface area contributed by atoms with Gasteiger partial charge in [-0.05, 0) is 18.8 Å². The molecule has 2 atom stereocenters. The molecular weight excluding hydrogens is 277 g/mol. The van der Waals surface area contributed by atoms with Crippen LogP contribution in [0.1, 0.15) is 25.7 Å². The van der Waals surface area contributed by atoms with Crippen molar-refractivity contribution in [2.24, 2.45) is 11.8 Å². The molecule has 0 spiro atoms. The molecule has 0 aromatic heterocycles. The van der Waals surface area contributed by atoms with Gasteiger partial charge in [0.15, 0.2) is 0 Å². The van der Waals surface area contributed by atoms with Crippen LogP contribution in [0.5, 0.6) is 0 Å². The van der Waals surface area contributed by atoms with Gasteiger partial charge in [0.05, 0.1) is 19.0 Å². The molecule has 0 aromatic rings. The molecule has 1 fully saturated rings. The number of hydrogen-bond acceptors (Lipinski definition) is 3. The number of alkyl halides is 3. The predicted octanol–water partition coefficient (Wildman–Crippen LogP) is 1.15. The van der Waals surface area contributed by atoms with Gasteiger partial charge in [-0.25, -0.2) is 0 Å². The van der Waals surface area contributed by atoms with Gasteiger partial charge in [0.25, 0.3) is 0 Å². The summed E-state index contributed by atoms with van der Waals surface area (Å²) in [6, 6.07) is 0. The van der Waals surface area contributed by atoms with Crippen LogP contribution in [0, 0.1) is 11.8 Å². The molecule has 0 heterocycles. The van der Waals surface area contributed by atoms with Crippen LogP contribution in [0.4, 0.5) is 13.2 Å². The number of carboxylic acids is 1. The fraction of sp³-hybridized carbons (Fsp3) is 0.833. The van der Waals surface area contributed by atoms with Gasteiger partial charge in [0.2, 0.25) is 5.91 Å². The number of amides is 1. The third-order valence-electron chi connectivity index (χ3n) is 3.40. The minimum atomic E-state index is -4.35. The second-order valence-electron chi connectivity index (χ2n) is 5.01. The third kappa shape index (κ3) is 6.23. The number of nitrogens with one attached hydrogen (secondary N) is 2. The maximum absolute atomic E-state index is 11.9. The molecule has 5 nitrogen and oxygen atoms in total. The molecule has 3 N–H and O–H groups in total. The monoisotopic (exact) mass is 296 g/mol. The minimum Gasteiger partial charge on any atom is -0.481 e. The lowest BCUT2D eigenvalue weighted by atomic mass is 9.79. The first-order chi connectivity index (χ1) is 9.29. The summed E-state index contributed by atoms with van der Waals surface area (Å²) in [4.78, 5) is 22.4. The van der Waals surface area contributed by atoms with Crippen LogP contribution >= 0.6 is 0 Å². The minimum absolute atomic E-state index is 0.146. The van der Waals surface area contributed by atoms with Crippen molar-refractivity contribution in [1.29, 1.82) is 0 Å². The summed E-state index contributed by atoms with van der Waals surface area (Å²) in [7, 11) is 0. The molecule has 1 rings (SSSR count). The van der Waals surface area contributed by atoms with E-state index < -0.39 is 37.1 Å². The Morgan fingerprint density at radius 3 is 2.45 bits per heavy atom. The van der Waals surface area contributed by atoms with E-state index in [1.165, 1.54) is 0 Å². The fourth-order valence-electron chi connectivity index (χ4n) is 2.40. The molecular formula is C12H19F3N2O3. The molecule has 0 aliphatic heterocycles. The normalized spacial score (nSPS) is 23.4. The summed E-state index contributed by atoms with van der Waals surface area (Å²) < 4.78 is 35.6. The number of carboxylic acid groups (broad SMARTS) is 1. The van der Waals surface area contributed by atoms with Gasteiger partial charge < -0.3 is 15.7 Å². The maximum atomic E-state index is 11.9. The Bertz CT molecular complexity index is 347. The number of rotatable bonds is 6. The largest absolute Gasteiger partial charge is 0.481 e. The summed E-state index contributed by atoms with van der Waals surface area (Å²) in [6.45, 7) is -1.45. The second kappa shape index (κ2) is 7.47. The lowest BCUT2D eigenvalue weighted by Crippen LogP contribution is -2.42. The lowest BCUT2D eigenvalue weighted by Gasteiger charge is -2.28. The van der Waals surface area contributed by atoms with Crippen LogP contribution in [0.3, 0.4) is 0 Å². The molecule has 0 saturated heterocycles. The molecule has 2 unspecified atom stereocenters. The molecule has 1 saturated carbocycles. The Kier molecular flexibility index (Phi) is 6.25. The van der Waals surface area contributed by atoms with Crippen molar-refractivity contribution < 1.29 is 27.9 Å². The summed E-state index contributed by atoms with van der Waals surface area (Å²) in [5.74, 6) is -2.05. The van der Waals surface area contributed by atoms with E-state index in [4.69, 9.17) is 5.11 Å². The second-order valence-corrected chi connectivity index (χ2v) is 5.01. The van der Waals surface area contributed by atoms with Crippen LogP contribution < -0.4 is 10.6 Å². The first-order valence-electron chi connectivity index (χ1n) is 6.56. The fourth-order valence-corrected chi connectivity index (χ4v) is 2.40. The highest BCUT2D eigenvalue weighted by atomic mass is 19.4. The topological polar surface area (TPSA) is 78.4 Å². The first kappa shape index (κ1) is 16.7. The van der Waals surface area contributed by atoms with Gasteiger partial charge in [-0.15, -0.1) is 0 Å². The highest BCUT2D eigenvalue weighted by Crippen LogP contribution is 2.29. The summed E-state index contributed by atoms with van der Waals surface area (Å²) >= 11 is 0. The van der Waals surface area contributed by atoms with Crippen LogP contribution in [-0.4, -0.2) is 42.8 Å². The molecule has 0 radical (unpaired) electrons. The van der Waals surface area contributed by atoms with Crippen molar-refractivity contribution >= 4 is 11.9 Å². The predicted molar refractivity (Wildman–Crippen MR) is 65.0 cm³/mol. The molecule has 0 aromatic carbocycles. The molecule has 1 amide bonds. The van der Waals surface area contributed by atoms with E-state index >= 15 is 0 Å². The SMILES string of the molecule is O=C(CNCC(F)(F)F)NCC1CCCCC1C(=O)O. The summed E-state index contributed by atoms with van der Waals surface area (Å²) in [5, 5.41) is 13.5. The number of carbonyl (C=O) groups excluding carboxylic acids is 1. The van der Waals surface area contributed by atoms with E-state index in [1.807, 2.05) is 5.32 Å². The Hall–Kier alpha value is -1.31. The molecule has 1 aliphatic rings. The van der Waals surface area contributed by atoms with Gasteiger partial charge in [-0.1, -0.05) is 12.8 Å². The van der Waals surface area contributed by atoms with E-state index in [0.29, 0.717) is 12.8 Å². The summed E-state index contributed by atoms with van der Waals surface area (Å²) in [6.07, 6.45) is -1.28. The van der Waals surface area contributed by atoms with Gasteiger partial charge in [-0.2, -0.15) is 13.2 Å².